The summed E-state index contributed by atoms with van der Waals surface area (Å²) < 4.78 is 51.7. The van der Waals surface area contributed by atoms with Crippen LogP contribution in [0.1, 0.15) is 79.9 Å². The standard InChI is InChI=1S/C17H19ClN2O2.C16H18ClFN2O.C14H16N4O2S.C13H17ClN4OS/c18-12-9-14(13-1-6-19-15(13)10-12)11-2-7-20(8-3-11)16(21)17(22)4-5-17;17-12-9-14(13-2-6-19-15(13)10-12)11-3-7-20(8-4-11)16(21)1-5-18;1-21(19,20)18-6-4-17(5-7-18)14-9-11(10-15)8-13-12(14)2-3-16-13;1-20(2,19)17-10-3-4-18(8-10)13-6-9(14)5-12-11(13)7-15-16-12/h1,6,9-11,19,22H,2-5,7-8H2;2,6,9-11,19H,1,3-5,7-8H2;2-3,8-9,16H,4-7H2,1H3;5-7,10H,1,3-4,8H2,2H3,(H,15,16)(H,17,19). The van der Waals surface area contributed by atoms with E-state index in [2.05, 4.69) is 63.7 Å². The van der Waals surface area contributed by atoms with Gasteiger partial charge in [0.05, 0.1) is 42.7 Å². The van der Waals surface area contributed by atoms with Gasteiger partial charge in [-0.15, -0.1) is 0 Å². The number of sulfonamides is 1. The molecule has 2 unspecified atom stereocenters. The molecule has 446 valence electrons. The molecule has 4 saturated heterocycles. The molecule has 8 aromatic rings. The number of rotatable bonds is 10. The molecule has 0 radical (unpaired) electrons. The molecule has 5 aliphatic rings. The van der Waals surface area contributed by atoms with Crippen molar-refractivity contribution in [2.75, 3.05) is 94.4 Å². The number of carbonyl (C=O) groups excluding carboxylic acids is 2. The van der Waals surface area contributed by atoms with Crippen LogP contribution in [0.2, 0.25) is 15.1 Å². The number of benzene rings is 4. The molecule has 2 atom stereocenters. The quantitative estimate of drug-likeness (QED) is 0.0710. The minimum absolute atomic E-state index is 0.00386. The van der Waals surface area contributed by atoms with Crippen LogP contribution in [0.5, 0.6) is 0 Å². The largest absolute Gasteiger partial charge is 0.380 e. The minimum Gasteiger partial charge on any atom is -0.380 e. The summed E-state index contributed by atoms with van der Waals surface area (Å²) in [5.41, 5.74) is 8.09. The summed E-state index contributed by atoms with van der Waals surface area (Å²) in [4.78, 5) is 41.4. The second-order valence-electron chi connectivity index (χ2n) is 22.6. The summed E-state index contributed by atoms with van der Waals surface area (Å²) in [6.07, 6.45) is 16.2. The SMILES string of the molecule is C=S(C)(=O)NC1CCN(c2cc(Cl)cc3[nH]ncc23)C1.CS(=O)(=O)N1CCN(c2cc(C#N)cc3[nH]ccc23)CC1.O=C(CCF)N1CCC(c2cc(Cl)cc3[nH]ccc23)CC1.O=C(N1CCC(c2cc(Cl)cc3[nH]ccc23)CC1)C1(O)CC1. The lowest BCUT2D eigenvalue weighted by molar-refractivity contribution is -0.143. The van der Waals surface area contributed by atoms with E-state index >= 15 is 0 Å². The van der Waals surface area contributed by atoms with E-state index < -0.39 is 32.0 Å². The van der Waals surface area contributed by atoms with E-state index in [0.717, 1.165) is 99.5 Å². The van der Waals surface area contributed by atoms with Gasteiger partial charge in [0.1, 0.15) is 5.60 Å². The fourth-order valence-electron chi connectivity index (χ4n) is 12.1. The third kappa shape index (κ3) is 14.3. The van der Waals surface area contributed by atoms with Gasteiger partial charge >= 0.3 is 0 Å². The van der Waals surface area contributed by atoms with Crippen LogP contribution in [0, 0.1) is 11.3 Å². The number of H-pyrrole nitrogens is 4. The first-order valence-electron chi connectivity index (χ1n) is 28.2. The molecular weight excluding hydrogens is 1170 g/mol. The van der Waals surface area contributed by atoms with Crippen LogP contribution in [0.25, 0.3) is 43.6 Å². The van der Waals surface area contributed by atoms with Crippen LogP contribution in [-0.4, -0.2) is 171 Å². The van der Waals surface area contributed by atoms with E-state index in [9.17, 15) is 31.7 Å². The number of likely N-dealkylation sites (tertiary alicyclic amines) is 2. The van der Waals surface area contributed by atoms with Gasteiger partial charge in [0.2, 0.25) is 15.9 Å². The predicted octanol–water partition coefficient (Wildman–Crippen LogP) is 9.71. The summed E-state index contributed by atoms with van der Waals surface area (Å²) >= 11 is 18.6. The zero-order valence-corrected chi connectivity index (χ0v) is 50.9. The number of anilines is 2. The molecule has 4 aromatic carbocycles. The maximum atomic E-state index is 12.3. The number of halogens is 4. The zero-order chi connectivity index (χ0) is 59.5. The third-order valence-corrected chi connectivity index (χ3v) is 19.3. The Hall–Kier alpha value is -6.35. The highest BCUT2D eigenvalue weighted by Crippen LogP contribution is 2.41. The van der Waals surface area contributed by atoms with E-state index in [1.165, 1.54) is 32.5 Å². The molecule has 4 aromatic heterocycles. The summed E-state index contributed by atoms with van der Waals surface area (Å²) in [6, 6.07) is 24.0. The Kier molecular flexibility index (Phi) is 18.6. The van der Waals surface area contributed by atoms with Gasteiger partial charge in [0.15, 0.2) is 0 Å². The summed E-state index contributed by atoms with van der Waals surface area (Å²) in [5.74, 6) is 4.31. The Labute approximate surface area is 503 Å². The molecule has 18 nitrogen and oxygen atoms in total. The number of nitrogens with one attached hydrogen (secondary N) is 5. The first-order valence-corrected chi connectivity index (χ1v) is 33.4. The second kappa shape index (κ2) is 25.7. The molecule has 0 bridgehead atoms. The molecule has 24 heteroatoms. The van der Waals surface area contributed by atoms with Crippen LogP contribution >= 0.6 is 34.8 Å². The number of aliphatic hydroxyl groups is 1. The van der Waals surface area contributed by atoms with Crippen molar-refractivity contribution in [3.05, 3.63) is 123 Å². The second-order valence-corrected chi connectivity index (χ2v) is 28.1. The van der Waals surface area contributed by atoms with E-state index in [-0.39, 0.29) is 24.3 Å². The van der Waals surface area contributed by atoms with Crippen LogP contribution in [0.3, 0.4) is 0 Å². The van der Waals surface area contributed by atoms with Gasteiger partial charge in [-0.3, -0.25) is 23.3 Å². The predicted molar refractivity (Wildman–Crippen MR) is 336 cm³/mol. The van der Waals surface area contributed by atoms with Gasteiger partial charge in [-0.05, 0) is 141 Å². The molecule has 1 aliphatic carbocycles. The fourth-order valence-corrected chi connectivity index (χ4v) is 14.5. The summed E-state index contributed by atoms with van der Waals surface area (Å²) in [6.45, 7) is 6.14. The van der Waals surface area contributed by atoms with Crippen LogP contribution in [0.4, 0.5) is 15.8 Å². The highest BCUT2D eigenvalue weighted by molar-refractivity contribution is 7.97. The van der Waals surface area contributed by atoms with Gasteiger partial charge in [0.25, 0.3) is 5.91 Å². The van der Waals surface area contributed by atoms with Crippen molar-refractivity contribution in [1.82, 2.24) is 44.0 Å². The topological polar surface area (TPSA) is 234 Å². The van der Waals surface area contributed by atoms with Gasteiger partial charge < -0.3 is 39.7 Å². The lowest BCUT2D eigenvalue weighted by atomic mass is 9.87. The molecule has 13 rings (SSSR count). The number of nitrogens with zero attached hydrogens (tertiary/aromatic N) is 7. The molecule has 2 amide bonds. The van der Waals surface area contributed by atoms with Crippen molar-refractivity contribution in [3.8, 4) is 6.07 Å². The lowest BCUT2D eigenvalue weighted by Gasteiger charge is -2.35. The van der Waals surface area contributed by atoms with E-state index in [1.807, 2.05) is 84.3 Å². The number of hydrogen-bond donors (Lipinski definition) is 6. The van der Waals surface area contributed by atoms with Gasteiger partial charge in [-0.1, -0.05) is 34.8 Å². The maximum Gasteiger partial charge on any atom is 0.254 e. The van der Waals surface area contributed by atoms with E-state index in [0.29, 0.717) is 87.6 Å². The Bertz CT molecular complexity index is 3950. The molecule has 1 saturated carbocycles. The normalized spacial score (nSPS) is 19.3. The zero-order valence-electron chi connectivity index (χ0n) is 47.0. The van der Waals surface area contributed by atoms with Crippen molar-refractivity contribution in [3.63, 3.8) is 0 Å². The van der Waals surface area contributed by atoms with Crippen molar-refractivity contribution < 1.29 is 31.7 Å². The molecule has 8 heterocycles. The van der Waals surface area contributed by atoms with Crippen LogP contribution in [0.15, 0.2) is 91.5 Å². The van der Waals surface area contributed by atoms with Gasteiger partial charge in [0, 0.05) is 171 Å². The maximum absolute atomic E-state index is 12.3. The first kappa shape index (κ1) is 60.8. The van der Waals surface area contributed by atoms with E-state index in [1.54, 1.807) is 11.2 Å². The van der Waals surface area contributed by atoms with Crippen molar-refractivity contribution in [2.45, 2.75) is 74.8 Å². The molecule has 4 aliphatic heterocycles. The number of alkyl halides is 1. The number of piperidine rings is 2. The average Bonchev–Trinajstić information content (AvgIpc) is 3.85. The smallest absolute Gasteiger partial charge is 0.254 e. The number of hydrogen-bond acceptors (Lipinski definition) is 10. The number of piperazine rings is 1. The minimum atomic E-state index is -3.13. The Morgan fingerprint density at radius 3 is 1.76 bits per heavy atom. The van der Waals surface area contributed by atoms with Crippen LogP contribution < -0.4 is 14.5 Å². The van der Waals surface area contributed by atoms with Crippen molar-refractivity contribution in [2.24, 2.45) is 0 Å². The number of amides is 2. The number of aromatic amines is 4. The summed E-state index contributed by atoms with van der Waals surface area (Å²) in [5, 5.41) is 32.8. The Morgan fingerprint density at radius 1 is 0.702 bits per heavy atom. The Balaban J connectivity index is 0.000000125. The van der Waals surface area contributed by atoms with E-state index in [4.69, 9.17) is 40.1 Å². The third-order valence-electron chi connectivity index (χ3n) is 16.5. The first-order chi connectivity index (χ1) is 40.2. The number of fused-ring (bicyclic) bond motifs is 4. The molecule has 6 N–H and O–H groups in total. The molecule has 84 heavy (non-hydrogen) atoms. The monoisotopic (exact) mass is 1240 g/mol. The highest BCUT2D eigenvalue weighted by Gasteiger charge is 2.50. The highest BCUT2D eigenvalue weighted by atomic mass is 35.5. The molecular formula is C60H70Cl3FN12O6S2. The number of nitriles is 1. The van der Waals surface area contributed by atoms with Gasteiger partial charge in [-0.2, -0.15) is 14.7 Å². The Morgan fingerprint density at radius 2 is 1.23 bits per heavy atom. The summed E-state index contributed by atoms with van der Waals surface area (Å²) in [7, 11) is -5.30. The van der Waals surface area contributed by atoms with Crippen molar-refractivity contribution >= 4 is 127 Å². The molecule has 0 spiro atoms. The number of aromatic nitrogens is 5. The lowest BCUT2D eigenvalue weighted by Crippen LogP contribution is -2.48. The van der Waals surface area contributed by atoms with Gasteiger partial charge in [-0.25, -0.2) is 13.1 Å². The van der Waals surface area contributed by atoms with Crippen molar-refractivity contribution in [1.29, 1.82) is 5.26 Å². The number of carbonyl (C=O) groups is 2. The fraction of sp³-hybridized carbons (Fsp3) is 0.417. The average molecular weight is 1240 g/mol. The van der Waals surface area contributed by atoms with Crippen LogP contribution in [-0.2, 0) is 29.3 Å². The molecule has 5 fully saturated rings.